The first-order chi connectivity index (χ1) is 31.7. The number of para-hydroxylation sites is 2. The van der Waals surface area contributed by atoms with Gasteiger partial charge in [-0.2, -0.15) is 0 Å². The average molecular weight is 815 g/mol. The van der Waals surface area contributed by atoms with Crippen LogP contribution >= 0.6 is 0 Å². The summed E-state index contributed by atoms with van der Waals surface area (Å²) in [6, 6.07) is 92.7. The van der Waals surface area contributed by atoms with E-state index in [-0.39, 0.29) is 0 Å². The predicted octanol–water partition coefficient (Wildman–Crippen LogP) is 17.7. The highest BCUT2D eigenvalue weighted by Crippen LogP contribution is 2.44. The van der Waals surface area contributed by atoms with Gasteiger partial charge in [0.05, 0.1) is 0 Å². The second-order valence-corrected chi connectivity index (χ2v) is 16.5. The van der Waals surface area contributed by atoms with Gasteiger partial charge < -0.3 is 9.80 Å². The molecule has 0 bridgehead atoms. The molecule has 0 heterocycles. The Hall–Kier alpha value is -8.46. The summed E-state index contributed by atoms with van der Waals surface area (Å²) < 4.78 is 0. The fourth-order valence-electron chi connectivity index (χ4n) is 9.72. The van der Waals surface area contributed by atoms with Crippen molar-refractivity contribution in [3.8, 4) is 22.3 Å². The number of benzene rings is 12. The van der Waals surface area contributed by atoms with E-state index in [1.807, 2.05) is 0 Å². The SMILES string of the molecule is c1ccc(N(c2ccc(-c3cc4c5cccc(-c6cccc(N(c7ccccc7)c7ccc8ccccc8c7)c6)c5ccc4c4ccccc34)cc2)c2ccc3ccccc3c2)cc1. The third kappa shape index (κ3) is 6.61. The van der Waals surface area contributed by atoms with E-state index < -0.39 is 0 Å². The van der Waals surface area contributed by atoms with Crippen LogP contribution in [0.4, 0.5) is 34.1 Å². The molecule has 300 valence electrons. The zero-order valence-electron chi connectivity index (χ0n) is 35.1. The van der Waals surface area contributed by atoms with Crippen molar-refractivity contribution >= 4 is 88.0 Å². The minimum absolute atomic E-state index is 1.11. The Kier molecular flexibility index (Phi) is 9.20. The first kappa shape index (κ1) is 37.3. The third-order valence-corrected chi connectivity index (χ3v) is 12.8. The quantitative estimate of drug-likeness (QED) is 0.141. The molecular formula is C62H42N2. The highest BCUT2D eigenvalue weighted by atomic mass is 15.1. The van der Waals surface area contributed by atoms with E-state index in [1.165, 1.54) is 76.1 Å². The van der Waals surface area contributed by atoms with Gasteiger partial charge in [-0.15, -0.1) is 0 Å². The molecule has 0 amide bonds. The summed E-state index contributed by atoms with van der Waals surface area (Å²) in [6.07, 6.45) is 0. The molecule has 12 aromatic rings. The van der Waals surface area contributed by atoms with Gasteiger partial charge in [0.15, 0.2) is 0 Å². The predicted molar refractivity (Wildman–Crippen MR) is 274 cm³/mol. The van der Waals surface area contributed by atoms with Crippen molar-refractivity contribution in [1.82, 2.24) is 0 Å². The topological polar surface area (TPSA) is 6.48 Å². The maximum Gasteiger partial charge on any atom is 0.0468 e. The van der Waals surface area contributed by atoms with E-state index in [2.05, 4.69) is 265 Å². The van der Waals surface area contributed by atoms with Crippen LogP contribution in [0.1, 0.15) is 0 Å². The summed E-state index contributed by atoms with van der Waals surface area (Å²) in [6.45, 7) is 0. The Balaban J connectivity index is 0.972. The molecule has 64 heavy (non-hydrogen) atoms. The number of rotatable bonds is 8. The molecule has 0 aliphatic carbocycles. The van der Waals surface area contributed by atoms with E-state index in [0.29, 0.717) is 0 Å². The maximum atomic E-state index is 2.42. The monoisotopic (exact) mass is 814 g/mol. The zero-order chi connectivity index (χ0) is 42.4. The molecule has 0 N–H and O–H groups in total. The van der Waals surface area contributed by atoms with Crippen molar-refractivity contribution in [2.75, 3.05) is 9.80 Å². The van der Waals surface area contributed by atoms with Crippen LogP contribution in [0, 0.1) is 0 Å². The minimum Gasteiger partial charge on any atom is -0.310 e. The minimum atomic E-state index is 1.11. The zero-order valence-corrected chi connectivity index (χ0v) is 35.1. The van der Waals surface area contributed by atoms with Gasteiger partial charge in [-0.3, -0.25) is 0 Å². The van der Waals surface area contributed by atoms with E-state index in [9.17, 15) is 0 Å². The molecule has 12 aromatic carbocycles. The van der Waals surface area contributed by atoms with Crippen molar-refractivity contribution in [1.29, 1.82) is 0 Å². The maximum absolute atomic E-state index is 2.42. The molecule has 0 unspecified atom stereocenters. The number of fused-ring (bicyclic) bond motifs is 7. The van der Waals surface area contributed by atoms with Crippen molar-refractivity contribution in [3.05, 3.63) is 255 Å². The van der Waals surface area contributed by atoms with Gasteiger partial charge in [-0.25, -0.2) is 0 Å². The Morgan fingerprint density at radius 2 is 0.609 bits per heavy atom. The molecule has 0 fully saturated rings. The number of anilines is 6. The average Bonchev–Trinajstić information content (AvgIpc) is 3.37. The third-order valence-electron chi connectivity index (χ3n) is 12.8. The van der Waals surface area contributed by atoms with E-state index in [1.54, 1.807) is 0 Å². The summed E-state index contributed by atoms with van der Waals surface area (Å²) in [5, 5.41) is 12.4. The normalized spacial score (nSPS) is 11.4. The molecule has 0 spiro atoms. The Morgan fingerprint density at radius 1 is 0.188 bits per heavy atom. The van der Waals surface area contributed by atoms with Crippen LogP contribution in [0.5, 0.6) is 0 Å². The molecular weight excluding hydrogens is 773 g/mol. The molecule has 0 atom stereocenters. The lowest BCUT2D eigenvalue weighted by atomic mass is 9.89. The van der Waals surface area contributed by atoms with Crippen LogP contribution < -0.4 is 9.80 Å². The lowest BCUT2D eigenvalue weighted by Gasteiger charge is -2.26. The number of hydrogen-bond donors (Lipinski definition) is 0. The molecule has 12 rings (SSSR count). The van der Waals surface area contributed by atoms with Crippen molar-refractivity contribution in [2.45, 2.75) is 0 Å². The van der Waals surface area contributed by atoms with Crippen LogP contribution in [0.25, 0.3) is 76.1 Å². The van der Waals surface area contributed by atoms with Gasteiger partial charge in [-0.1, -0.05) is 176 Å². The van der Waals surface area contributed by atoms with Gasteiger partial charge >= 0.3 is 0 Å². The second-order valence-electron chi connectivity index (χ2n) is 16.5. The standard InChI is InChI=1S/C62H42N2/c1-3-20-49(21-4-1)63(53-35-29-43-15-7-9-17-46(43)39-53)51-33-31-45(32-34-51)61-42-62-58-28-14-27-55(59(58)37-38-60(62)56-25-11-12-26-57(56)61)48-19-13-24-52(41-48)64(50-22-5-2-6-23-50)54-36-30-44-16-8-10-18-47(44)40-54/h1-42H. The molecule has 0 aromatic heterocycles. The van der Waals surface area contributed by atoms with Gasteiger partial charge in [0.25, 0.3) is 0 Å². The molecule has 0 aliphatic heterocycles. The van der Waals surface area contributed by atoms with Crippen LogP contribution in [-0.4, -0.2) is 0 Å². The van der Waals surface area contributed by atoms with E-state index >= 15 is 0 Å². The lowest BCUT2D eigenvalue weighted by Crippen LogP contribution is -2.09. The van der Waals surface area contributed by atoms with Crippen LogP contribution in [0.2, 0.25) is 0 Å². The molecule has 0 saturated carbocycles. The van der Waals surface area contributed by atoms with Crippen LogP contribution in [0.15, 0.2) is 255 Å². The molecule has 0 radical (unpaired) electrons. The molecule has 0 aliphatic rings. The number of nitrogens with zero attached hydrogens (tertiary/aromatic N) is 2. The van der Waals surface area contributed by atoms with Crippen LogP contribution in [-0.2, 0) is 0 Å². The summed E-state index contributed by atoms with van der Waals surface area (Å²) in [4.78, 5) is 4.71. The van der Waals surface area contributed by atoms with Crippen molar-refractivity contribution in [3.63, 3.8) is 0 Å². The fraction of sp³-hybridized carbons (Fsp3) is 0. The highest BCUT2D eigenvalue weighted by molar-refractivity contribution is 6.22. The molecule has 0 saturated heterocycles. The Labute approximate surface area is 373 Å². The van der Waals surface area contributed by atoms with Gasteiger partial charge in [0.2, 0.25) is 0 Å². The van der Waals surface area contributed by atoms with Gasteiger partial charge in [-0.05, 0) is 155 Å². The Bertz CT molecular complexity index is 3670. The highest BCUT2D eigenvalue weighted by Gasteiger charge is 2.18. The van der Waals surface area contributed by atoms with Gasteiger partial charge in [0.1, 0.15) is 0 Å². The smallest absolute Gasteiger partial charge is 0.0468 e. The molecule has 2 nitrogen and oxygen atoms in total. The largest absolute Gasteiger partial charge is 0.310 e. The number of hydrogen-bond acceptors (Lipinski definition) is 2. The first-order valence-corrected chi connectivity index (χ1v) is 22.0. The van der Waals surface area contributed by atoms with Crippen molar-refractivity contribution in [2.24, 2.45) is 0 Å². The lowest BCUT2D eigenvalue weighted by molar-refractivity contribution is 1.29. The summed E-state index contributed by atoms with van der Waals surface area (Å²) in [5.74, 6) is 0. The van der Waals surface area contributed by atoms with Crippen molar-refractivity contribution < 1.29 is 0 Å². The van der Waals surface area contributed by atoms with Gasteiger partial charge in [0, 0.05) is 34.1 Å². The Morgan fingerprint density at radius 3 is 1.27 bits per heavy atom. The van der Waals surface area contributed by atoms with E-state index in [0.717, 1.165) is 34.1 Å². The second kappa shape index (κ2) is 15.8. The summed E-state index contributed by atoms with van der Waals surface area (Å²) >= 11 is 0. The summed E-state index contributed by atoms with van der Waals surface area (Å²) in [7, 11) is 0. The van der Waals surface area contributed by atoms with E-state index in [4.69, 9.17) is 0 Å². The first-order valence-electron chi connectivity index (χ1n) is 22.0. The summed E-state index contributed by atoms with van der Waals surface area (Å²) in [5.41, 5.74) is 11.5. The molecule has 2 heteroatoms. The van der Waals surface area contributed by atoms with Crippen LogP contribution in [0.3, 0.4) is 0 Å². The fourth-order valence-corrected chi connectivity index (χ4v) is 9.72.